The summed E-state index contributed by atoms with van der Waals surface area (Å²) in [7, 11) is 0. The van der Waals surface area contributed by atoms with E-state index in [0.717, 1.165) is 11.1 Å². The molecule has 2 N–H and O–H groups in total. The van der Waals surface area contributed by atoms with Gasteiger partial charge in [-0.15, -0.1) is 0 Å². The maximum absolute atomic E-state index is 13.5. The molecule has 3 aromatic carbocycles. The first-order chi connectivity index (χ1) is 13.2. The fourth-order valence-electron chi connectivity index (χ4n) is 3.50. The van der Waals surface area contributed by atoms with Crippen LogP contribution in [-0.2, 0) is 9.59 Å². The van der Waals surface area contributed by atoms with Crippen molar-refractivity contribution in [3.05, 3.63) is 113 Å². The zero-order valence-corrected chi connectivity index (χ0v) is 14.6. The zero-order chi connectivity index (χ0) is 18.8. The molecule has 0 bridgehead atoms. The van der Waals surface area contributed by atoms with Crippen LogP contribution in [0.2, 0.25) is 0 Å². The minimum absolute atomic E-state index is 0.181. The van der Waals surface area contributed by atoms with Crippen molar-refractivity contribution in [3.8, 4) is 0 Å². The Bertz CT molecular complexity index is 1080. The zero-order valence-electron chi connectivity index (χ0n) is 14.6. The maximum atomic E-state index is 13.5. The number of allylic oxidation sites excluding steroid dienone is 2. The number of benzene rings is 3. The summed E-state index contributed by atoms with van der Waals surface area (Å²) in [6, 6.07) is 28.1. The number of primary amides is 1. The van der Waals surface area contributed by atoms with E-state index in [1.807, 2.05) is 91.0 Å². The number of rotatable bonds is 4. The molecular formula is C24H17NO2. The van der Waals surface area contributed by atoms with Gasteiger partial charge in [-0.1, -0.05) is 91.0 Å². The summed E-state index contributed by atoms with van der Waals surface area (Å²) in [6.45, 7) is 0. The summed E-state index contributed by atoms with van der Waals surface area (Å²) in [5, 5.41) is 0. The van der Waals surface area contributed by atoms with Gasteiger partial charge in [-0.3, -0.25) is 9.59 Å². The predicted octanol–water partition coefficient (Wildman–Crippen LogP) is 4.12. The van der Waals surface area contributed by atoms with Crippen molar-refractivity contribution < 1.29 is 9.59 Å². The van der Waals surface area contributed by atoms with E-state index in [4.69, 9.17) is 5.73 Å². The van der Waals surface area contributed by atoms with Crippen molar-refractivity contribution in [1.82, 2.24) is 0 Å². The van der Waals surface area contributed by atoms with Gasteiger partial charge in [0, 0.05) is 16.7 Å². The summed E-state index contributed by atoms with van der Waals surface area (Å²) < 4.78 is 0. The minimum Gasteiger partial charge on any atom is -0.366 e. The molecule has 0 aliphatic heterocycles. The lowest BCUT2D eigenvalue weighted by Gasteiger charge is -2.10. The molecule has 3 nitrogen and oxygen atoms in total. The summed E-state index contributed by atoms with van der Waals surface area (Å²) in [4.78, 5) is 26.0. The van der Waals surface area contributed by atoms with Gasteiger partial charge in [0.1, 0.15) is 0 Å². The van der Waals surface area contributed by atoms with Crippen molar-refractivity contribution in [2.75, 3.05) is 0 Å². The lowest BCUT2D eigenvalue weighted by molar-refractivity contribution is -0.114. The smallest absolute Gasteiger partial charge is 0.250 e. The number of hydrogen-bond acceptors (Lipinski definition) is 2. The molecule has 1 aliphatic rings. The molecule has 4 rings (SSSR count). The molecule has 3 heteroatoms. The van der Waals surface area contributed by atoms with E-state index < -0.39 is 5.91 Å². The number of carbonyl (C=O) groups excluding carboxylic acids is 2. The third kappa shape index (κ3) is 2.89. The first-order valence-corrected chi connectivity index (χ1v) is 8.68. The Hall–Kier alpha value is -3.72. The molecule has 1 aliphatic carbocycles. The van der Waals surface area contributed by atoms with Gasteiger partial charge in [0.25, 0.3) is 0 Å². The van der Waals surface area contributed by atoms with Crippen LogP contribution in [-0.4, -0.2) is 11.7 Å². The van der Waals surface area contributed by atoms with Crippen molar-refractivity contribution in [2.24, 2.45) is 5.73 Å². The van der Waals surface area contributed by atoms with Crippen LogP contribution in [0.15, 0.2) is 96.6 Å². The van der Waals surface area contributed by atoms with E-state index in [0.29, 0.717) is 22.3 Å². The predicted molar refractivity (Wildman–Crippen MR) is 107 cm³/mol. The van der Waals surface area contributed by atoms with Crippen LogP contribution in [0, 0.1) is 0 Å². The SMILES string of the molecule is NC(=O)C1=C(c2ccccc2)C(=O)C(c2ccccc2)=C1c1ccccc1. The Balaban J connectivity index is 2.06. The summed E-state index contributed by atoms with van der Waals surface area (Å²) in [5.41, 5.74) is 9.77. The molecule has 0 saturated heterocycles. The third-order valence-corrected chi connectivity index (χ3v) is 4.64. The normalized spacial score (nSPS) is 14.0. The highest BCUT2D eigenvalue weighted by atomic mass is 16.1. The van der Waals surface area contributed by atoms with Crippen LogP contribution < -0.4 is 5.73 Å². The topological polar surface area (TPSA) is 60.2 Å². The number of ketones is 1. The van der Waals surface area contributed by atoms with Crippen LogP contribution >= 0.6 is 0 Å². The van der Waals surface area contributed by atoms with Gasteiger partial charge in [0.05, 0.1) is 5.57 Å². The maximum Gasteiger partial charge on any atom is 0.250 e. The molecule has 0 spiro atoms. The van der Waals surface area contributed by atoms with Gasteiger partial charge in [0.2, 0.25) is 5.91 Å². The van der Waals surface area contributed by atoms with E-state index in [9.17, 15) is 9.59 Å². The number of amides is 1. The second kappa shape index (κ2) is 6.89. The van der Waals surface area contributed by atoms with Crippen LogP contribution in [0.3, 0.4) is 0 Å². The average Bonchev–Trinajstić information content (AvgIpc) is 3.03. The lowest BCUT2D eigenvalue weighted by Crippen LogP contribution is -2.16. The number of carbonyl (C=O) groups is 2. The molecule has 3 aromatic rings. The highest BCUT2D eigenvalue weighted by molar-refractivity contribution is 6.55. The Kier molecular flexibility index (Phi) is 4.27. The number of hydrogen-bond donors (Lipinski definition) is 1. The molecule has 0 saturated carbocycles. The second-order valence-corrected chi connectivity index (χ2v) is 6.29. The van der Waals surface area contributed by atoms with Crippen LogP contribution in [0.5, 0.6) is 0 Å². The number of Topliss-reactive ketones (excluding diaryl/α,β-unsaturated/α-hetero) is 1. The first kappa shape index (κ1) is 16.7. The van der Waals surface area contributed by atoms with E-state index in [1.165, 1.54) is 0 Å². The van der Waals surface area contributed by atoms with Gasteiger partial charge in [-0.2, -0.15) is 0 Å². The van der Waals surface area contributed by atoms with E-state index >= 15 is 0 Å². The van der Waals surface area contributed by atoms with Crippen molar-refractivity contribution >= 4 is 28.4 Å². The van der Waals surface area contributed by atoms with Crippen LogP contribution in [0.25, 0.3) is 16.7 Å². The molecule has 0 unspecified atom stereocenters. The summed E-state index contributed by atoms with van der Waals surface area (Å²) in [5.74, 6) is -0.785. The van der Waals surface area contributed by atoms with Gasteiger partial charge in [-0.05, 0) is 16.7 Å². The molecule has 0 radical (unpaired) electrons. The summed E-state index contributed by atoms with van der Waals surface area (Å²) in [6.07, 6.45) is 0. The Morgan fingerprint density at radius 3 is 1.33 bits per heavy atom. The van der Waals surface area contributed by atoms with E-state index in [1.54, 1.807) is 0 Å². The van der Waals surface area contributed by atoms with Gasteiger partial charge < -0.3 is 5.73 Å². The Morgan fingerprint density at radius 2 is 0.926 bits per heavy atom. The van der Waals surface area contributed by atoms with Crippen molar-refractivity contribution in [1.29, 1.82) is 0 Å². The lowest BCUT2D eigenvalue weighted by atomic mass is 9.93. The number of nitrogens with two attached hydrogens (primary N) is 1. The third-order valence-electron chi connectivity index (χ3n) is 4.64. The molecule has 0 fully saturated rings. The molecule has 27 heavy (non-hydrogen) atoms. The second-order valence-electron chi connectivity index (χ2n) is 6.29. The first-order valence-electron chi connectivity index (χ1n) is 8.68. The van der Waals surface area contributed by atoms with Crippen LogP contribution in [0.4, 0.5) is 0 Å². The average molecular weight is 351 g/mol. The molecule has 0 aromatic heterocycles. The highest BCUT2D eigenvalue weighted by Crippen LogP contribution is 2.44. The minimum atomic E-state index is -0.605. The van der Waals surface area contributed by atoms with Crippen molar-refractivity contribution in [2.45, 2.75) is 0 Å². The fourth-order valence-corrected chi connectivity index (χ4v) is 3.50. The van der Waals surface area contributed by atoms with Crippen molar-refractivity contribution in [3.63, 3.8) is 0 Å². The van der Waals surface area contributed by atoms with E-state index in [2.05, 4.69) is 0 Å². The van der Waals surface area contributed by atoms with Gasteiger partial charge >= 0.3 is 0 Å². The summed E-state index contributed by atoms with van der Waals surface area (Å²) >= 11 is 0. The quantitative estimate of drug-likeness (QED) is 0.769. The molecule has 0 heterocycles. The monoisotopic (exact) mass is 351 g/mol. The van der Waals surface area contributed by atoms with E-state index in [-0.39, 0.29) is 11.4 Å². The standard InChI is InChI=1S/C24H17NO2/c25-24(27)22-19(16-10-4-1-5-11-16)20(17-12-6-2-7-13-17)23(26)21(22)18-14-8-3-9-15-18/h1-15H,(H2,25,27). The highest BCUT2D eigenvalue weighted by Gasteiger charge is 2.36. The largest absolute Gasteiger partial charge is 0.366 e. The fraction of sp³-hybridized carbons (Fsp3) is 0. The molecular weight excluding hydrogens is 334 g/mol. The Labute approximate surface area is 157 Å². The molecule has 0 atom stereocenters. The van der Waals surface area contributed by atoms with Gasteiger partial charge in [-0.25, -0.2) is 0 Å². The molecule has 130 valence electrons. The Morgan fingerprint density at radius 1 is 0.556 bits per heavy atom. The van der Waals surface area contributed by atoms with Gasteiger partial charge in [0.15, 0.2) is 5.78 Å². The van der Waals surface area contributed by atoms with Crippen LogP contribution in [0.1, 0.15) is 16.7 Å². The molecule has 1 amide bonds.